The first-order chi connectivity index (χ1) is 7.33. The summed E-state index contributed by atoms with van der Waals surface area (Å²) in [5.74, 6) is 5.57. The lowest BCUT2D eigenvalue weighted by Gasteiger charge is -1.87. The Labute approximate surface area is 89.6 Å². The highest BCUT2D eigenvalue weighted by molar-refractivity contribution is 5.81. The van der Waals surface area contributed by atoms with E-state index in [0.29, 0.717) is 6.42 Å². The van der Waals surface area contributed by atoms with Crippen LogP contribution in [-0.4, -0.2) is 13.1 Å². The summed E-state index contributed by atoms with van der Waals surface area (Å²) in [6.45, 7) is 0. The molecule has 0 saturated carbocycles. The third kappa shape index (κ3) is 4.68. The molecule has 0 spiro atoms. The maximum atomic E-state index is 10.7. The summed E-state index contributed by atoms with van der Waals surface area (Å²) in [6, 6.07) is 9.71. The van der Waals surface area contributed by atoms with Gasteiger partial charge in [0.05, 0.1) is 7.11 Å². The largest absolute Gasteiger partial charge is 0.466 e. The fourth-order valence-electron chi connectivity index (χ4n) is 0.957. The average Bonchev–Trinajstić information content (AvgIpc) is 2.29. The van der Waals surface area contributed by atoms with E-state index in [4.69, 9.17) is 0 Å². The summed E-state index contributed by atoms with van der Waals surface area (Å²) in [5, 5.41) is 0. The number of ether oxygens (including phenoxy) is 1. The topological polar surface area (TPSA) is 26.3 Å². The molecule has 2 heteroatoms. The number of hydrogen-bond donors (Lipinski definition) is 0. The van der Waals surface area contributed by atoms with Crippen LogP contribution in [0.5, 0.6) is 0 Å². The van der Waals surface area contributed by atoms with Crippen LogP contribution >= 0.6 is 0 Å². The number of allylic oxidation sites excluding steroid dienone is 1. The van der Waals surface area contributed by atoms with Crippen LogP contribution in [0.3, 0.4) is 0 Å². The predicted octanol–water partition coefficient (Wildman–Crippen LogP) is 2.16. The van der Waals surface area contributed by atoms with Gasteiger partial charge >= 0.3 is 5.97 Å². The van der Waals surface area contributed by atoms with Crippen molar-refractivity contribution in [1.82, 2.24) is 0 Å². The molecule has 0 atom stereocenters. The van der Waals surface area contributed by atoms with Crippen LogP contribution < -0.4 is 0 Å². The van der Waals surface area contributed by atoms with Gasteiger partial charge in [-0.25, -0.2) is 4.79 Å². The first-order valence-corrected chi connectivity index (χ1v) is 4.61. The van der Waals surface area contributed by atoms with Crippen LogP contribution in [0.4, 0.5) is 0 Å². The van der Waals surface area contributed by atoms with Crippen LogP contribution in [0.25, 0.3) is 0 Å². The molecule has 76 valence electrons. The van der Waals surface area contributed by atoms with Gasteiger partial charge in [0, 0.05) is 18.1 Å². The number of benzene rings is 1. The Bertz CT molecular complexity index is 394. The smallest absolute Gasteiger partial charge is 0.330 e. The van der Waals surface area contributed by atoms with Gasteiger partial charge in [-0.2, -0.15) is 0 Å². The van der Waals surface area contributed by atoms with Gasteiger partial charge in [0.25, 0.3) is 0 Å². The molecule has 0 fully saturated rings. The minimum absolute atomic E-state index is 0.350. The van der Waals surface area contributed by atoms with Crippen LogP contribution in [0.2, 0.25) is 0 Å². The normalized spacial score (nSPS) is 9.40. The van der Waals surface area contributed by atoms with Crippen LogP contribution in [0.15, 0.2) is 42.5 Å². The maximum absolute atomic E-state index is 10.7. The number of carbonyl (C=O) groups is 1. The Hall–Kier alpha value is -2.01. The second kappa shape index (κ2) is 6.44. The molecular weight excluding hydrogens is 188 g/mol. The van der Waals surface area contributed by atoms with E-state index >= 15 is 0 Å². The van der Waals surface area contributed by atoms with Gasteiger partial charge in [0.15, 0.2) is 0 Å². The van der Waals surface area contributed by atoms with Crippen molar-refractivity contribution in [2.24, 2.45) is 0 Å². The minimum atomic E-state index is -0.350. The van der Waals surface area contributed by atoms with Gasteiger partial charge < -0.3 is 4.74 Å². The maximum Gasteiger partial charge on any atom is 0.330 e. The van der Waals surface area contributed by atoms with Gasteiger partial charge in [-0.1, -0.05) is 36.1 Å². The first-order valence-electron chi connectivity index (χ1n) is 4.61. The fraction of sp³-hybridized carbons (Fsp3) is 0.154. The zero-order valence-corrected chi connectivity index (χ0v) is 8.57. The molecule has 0 N–H and O–H groups in total. The molecule has 15 heavy (non-hydrogen) atoms. The Morgan fingerprint density at radius 1 is 1.40 bits per heavy atom. The molecule has 0 saturated heterocycles. The molecule has 0 heterocycles. The fourth-order valence-corrected chi connectivity index (χ4v) is 0.957. The highest BCUT2D eigenvalue weighted by Gasteiger charge is 1.87. The summed E-state index contributed by atoms with van der Waals surface area (Å²) in [5.41, 5.74) is 0.976. The number of carbonyl (C=O) groups excluding carboxylic acids is 1. The second-order valence-electron chi connectivity index (χ2n) is 2.80. The number of esters is 1. The third-order valence-corrected chi connectivity index (χ3v) is 1.68. The standard InChI is InChI=1S/C13H12O2/c1-15-13(14)11-7-3-6-10-12-8-4-2-5-9-12/h2,4-5,7-9,11H,3H2,1H3/b11-7-. The lowest BCUT2D eigenvalue weighted by molar-refractivity contribution is -0.134. The van der Waals surface area contributed by atoms with Crippen LogP contribution in [-0.2, 0) is 9.53 Å². The summed E-state index contributed by atoms with van der Waals surface area (Å²) < 4.78 is 4.44. The number of methoxy groups -OCH3 is 1. The summed E-state index contributed by atoms with van der Waals surface area (Å²) in [6.07, 6.45) is 3.60. The van der Waals surface area contributed by atoms with Gasteiger partial charge in [0.1, 0.15) is 0 Å². The van der Waals surface area contributed by atoms with E-state index < -0.39 is 0 Å². The van der Waals surface area contributed by atoms with Crippen molar-refractivity contribution >= 4 is 5.97 Å². The van der Waals surface area contributed by atoms with Gasteiger partial charge in [-0.15, -0.1) is 0 Å². The Balaban J connectivity index is 2.41. The Morgan fingerprint density at radius 2 is 2.13 bits per heavy atom. The Morgan fingerprint density at radius 3 is 2.80 bits per heavy atom. The molecule has 1 aromatic carbocycles. The van der Waals surface area contributed by atoms with E-state index in [-0.39, 0.29) is 5.97 Å². The Kier molecular flexibility index (Phi) is 4.75. The van der Waals surface area contributed by atoms with E-state index in [1.807, 2.05) is 30.3 Å². The van der Waals surface area contributed by atoms with Gasteiger partial charge in [-0.05, 0) is 12.1 Å². The zero-order chi connectivity index (χ0) is 10.9. The summed E-state index contributed by atoms with van der Waals surface area (Å²) in [7, 11) is 1.35. The number of rotatable bonds is 2. The van der Waals surface area contributed by atoms with Crippen molar-refractivity contribution in [3.8, 4) is 11.8 Å². The summed E-state index contributed by atoms with van der Waals surface area (Å²) in [4.78, 5) is 10.7. The molecule has 0 aromatic heterocycles. The predicted molar refractivity (Wildman–Crippen MR) is 59.1 cm³/mol. The lowest BCUT2D eigenvalue weighted by atomic mass is 10.2. The van der Waals surface area contributed by atoms with E-state index in [0.717, 1.165) is 5.56 Å². The molecule has 0 aliphatic rings. The molecular formula is C13H12O2. The van der Waals surface area contributed by atoms with E-state index in [2.05, 4.69) is 16.6 Å². The SMILES string of the molecule is COC(=O)/C=C\CC#Cc1ccccc1. The highest BCUT2D eigenvalue weighted by Crippen LogP contribution is 1.95. The van der Waals surface area contributed by atoms with Crippen molar-refractivity contribution in [3.63, 3.8) is 0 Å². The molecule has 0 unspecified atom stereocenters. The highest BCUT2D eigenvalue weighted by atomic mass is 16.5. The second-order valence-corrected chi connectivity index (χ2v) is 2.80. The zero-order valence-electron chi connectivity index (χ0n) is 8.57. The van der Waals surface area contributed by atoms with Crippen molar-refractivity contribution in [2.75, 3.05) is 7.11 Å². The minimum Gasteiger partial charge on any atom is -0.466 e. The average molecular weight is 200 g/mol. The van der Waals surface area contributed by atoms with E-state index in [1.54, 1.807) is 6.08 Å². The van der Waals surface area contributed by atoms with Gasteiger partial charge in [0.2, 0.25) is 0 Å². The first kappa shape index (κ1) is 11.1. The molecule has 0 bridgehead atoms. The van der Waals surface area contributed by atoms with Crippen molar-refractivity contribution < 1.29 is 9.53 Å². The molecule has 0 aliphatic carbocycles. The monoisotopic (exact) mass is 200 g/mol. The summed E-state index contributed by atoms with van der Waals surface area (Å²) >= 11 is 0. The van der Waals surface area contributed by atoms with Crippen LogP contribution in [0, 0.1) is 11.8 Å². The molecule has 1 aromatic rings. The van der Waals surface area contributed by atoms with E-state index in [1.165, 1.54) is 13.2 Å². The lowest BCUT2D eigenvalue weighted by Crippen LogP contribution is -1.92. The molecule has 0 aliphatic heterocycles. The van der Waals surface area contributed by atoms with Crippen LogP contribution in [0.1, 0.15) is 12.0 Å². The molecule has 1 rings (SSSR count). The quantitative estimate of drug-likeness (QED) is 0.415. The van der Waals surface area contributed by atoms with E-state index in [9.17, 15) is 4.79 Å². The molecule has 0 radical (unpaired) electrons. The molecule has 2 nitrogen and oxygen atoms in total. The third-order valence-electron chi connectivity index (χ3n) is 1.68. The van der Waals surface area contributed by atoms with Crippen molar-refractivity contribution in [1.29, 1.82) is 0 Å². The van der Waals surface area contributed by atoms with Gasteiger partial charge in [-0.3, -0.25) is 0 Å². The van der Waals surface area contributed by atoms with Crippen molar-refractivity contribution in [3.05, 3.63) is 48.0 Å². The molecule has 0 amide bonds. The number of hydrogen-bond acceptors (Lipinski definition) is 2. The van der Waals surface area contributed by atoms with Crippen molar-refractivity contribution in [2.45, 2.75) is 6.42 Å².